The number of rotatable bonds is 7. The van der Waals surface area contributed by atoms with Crippen LogP contribution >= 0.6 is 0 Å². The lowest BCUT2D eigenvalue weighted by Gasteiger charge is -2.31. The van der Waals surface area contributed by atoms with E-state index in [0.717, 1.165) is 56.0 Å². The lowest BCUT2D eigenvalue weighted by atomic mass is 9.89. The first kappa shape index (κ1) is 19.4. The molecule has 1 aliphatic rings. The van der Waals surface area contributed by atoms with Crippen molar-refractivity contribution in [2.24, 2.45) is 5.92 Å². The molecule has 4 nitrogen and oxygen atoms in total. The van der Waals surface area contributed by atoms with E-state index >= 15 is 0 Å². The van der Waals surface area contributed by atoms with Crippen LogP contribution in [0, 0.1) is 11.7 Å². The van der Waals surface area contributed by atoms with E-state index in [2.05, 4.69) is 11.0 Å². The molecule has 0 amide bonds. The number of likely N-dealkylation sites (tertiary alicyclic amines) is 1. The number of hydrogen-bond donors (Lipinski definition) is 0. The first-order valence-corrected chi connectivity index (χ1v) is 9.34. The van der Waals surface area contributed by atoms with Gasteiger partial charge in [-0.3, -0.25) is 4.79 Å². The van der Waals surface area contributed by atoms with Gasteiger partial charge in [0.1, 0.15) is 5.82 Å². The van der Waals surface area contributed by atoms with Crippen LogP contribution in [0.3, 0.4) is 0 Å². The van der Waals surface area contributed by atoms with Crippen LogP contribution in [0.1, 0.15) is 28.8 Å². The minimum atomic E-state index is -0.311. The average molecular weight is 371 g/mol. The van der Waals surface area contributed by atoms with Crippen molar-refractivity contribution in [3.05, 3.63) is 59.4 Å². The molecule has 1 saturated heterocycles. The molecule has 0 unspecified atom stereocenters. The number of ether oxygens (including phenoxy) is 2. The summed E-state index contributed by atoms with van der Waals surface area (Å²) < 4.78 is 23.9. The van der Waals surface area contributed by atoms with Gasteiger partial charge < -0.3 is 14.4 Å². The molecular weight excluding hydrogens is 345 g/mol. The Labute approximate surface area is 159 Å². The summed E-state index contributed by atoms with van der Waals surface area (Å²) in [5, 5.41) is 0. The number of piperidine rings is 1. The van der Waals surface area contributed by atoms with Crippen LogP contribution in [0.5, 0.6) is 11.5 Å². The van der Waals surface area contributed by atoms with Gasteiger partial charge in [0.25, 0.3) is 0 Å². The molecule has 0 spiro atoms. The number of carbonyl (C=O) groups is 1. The molecule has 1 heterocycles. The lowest BCUT2D eigenvalue weighted by molar-refractivity contribution is 0.0841. The van der Waals surface area contributed by atoms with Gasteiger partial charge in [0, 0.05) is 18.0 Å². The number of methoxy groups -OCH3 is 2. The van der Waals surface area contributed by atoms with Crippen molar-refractivity contribution >= 4 is 5.78 Å². The molecule has 0 atom stereocenters. The second-order valence-corrected chi connectivity index (χ2v) is 6.89. The Hall–Kier alpha value is -2.40. The van der Waals surface area contributed by atoms with Crippen molar-refractivity contribution in [1.82, 2.24) is 4.90 Å². The van der Waals surface area contributed by atoms with Crippen molar-refractivity contribution in [3.8, 4) is 11.5 Å². The molecule has 0 aliphatic carbocycles. The summed E-state index contributed by atoms with van der Waals surface area (Å²) in [6, 6.07) is 11.8. The Morgan fingerprint density at radius 3 is 2.41 bits per heavy atom. The van der Waals surface area contributed by atoms with E-state index in [1.807, 2.05) is 12.1 Å². The molecule has 1 fully saturated rings. The van der Waals surface area contributed by atoms with Gasteiger partial charge in [0.05, 0.1) is 14.2 Å². The van der Waals surface area contributed by atoms with E-state index < -0.39 is 0 Å². The topological polar surface area (TPSA) is 38.8 Å². The number of carbonyl (C=O) groups excluding carboxylic acids is 1. The summed E-state index contributed by atoms with van der Waals surface area (Å²) >= 11 is 0. The normalized spacial score (nSPS) is 15.5. The summed E-state index contributed by atoms with van der Waals surface area (Å²) in [6.07, 6.45) is 2.55. The van der Waals surface area contributed by atoms with Crippen LogP contribution < -0.4 is 9.47 Å². The fourth-order valence-corrected chi connectivity index (χ4v) is 3.70. The van der Waals surface area contributed by atoms with Crippen molar-refractivity contribution in [2.75, 3.05) is 33.9 Å². The molecule has 27 heavy (non-hydrogen) atoms. The summed E-state index contributed by atoms with van der Waals surface area (Å²) in [7, 11) is 3.30. The van der Waals surface area contributed by atoms with E-state index in [-0.39, 0.29) is 17.5 Å². The molecule has 5 heteroatoms. The molecular formula is C22H26FNO3. The van der Waals surface area contributed by atoms with Crippen LogP contribution in [0.4, 0.5) is 4.39 Å². The Bertz CT molecular complexity index is 768. The van der Waals surface area contributed by atoms with Crippen molar-refractivity contribution in [3.63, 3.8) is 0 Å². The summed E-state index contributed by atoms with van der Waals surface area (Å²) in [5.41, 5.74) is 1.73. The van der Waals surface area contributed by atoms with Crippen molar-refractivity contribution < 1.29 is 18.7 Å². The van der Waals surface area contributed by atoms with Gasteiger partial charge in [0.15, 0.2) is 17.3 Å². The maximum absolute atomic E-state index is 13.0. The molecule has 144 valence electrons. The largest absolute Gasteiger partial charge is 0.493 e. The number of benzene rings is 2. The van der Waals surface area contributed by atoms with Gasteiger partial charge in [-0.1, -0.05) is 12.1 Å². The molecule has 0 radical (unpaired) electrons. The Morgan fingerprint density at radius 1 is 1.07 bits per heavy atom. The van der Waals surface area contributed by atoms with E-state index in [4.69, 9.17) is 9.47 Å². The Balaban J connectivity index is 1.53. The molecule has 0 N–H and O–H groups in total. The maximum Gasteiger partial charge on any atom is 0.166 e. The Morgan fingerprint density at radius 2 is 1.78 bits per heavy atom. The van der Waals surface area contributed by atoms with Gasteiger partial charge in [-0.2, -0.15) is 0 Å². The summed E-state index contributed by atoms with van der Waals surface area (Å²) in [6.45, 7) is 2.70. The van der Waals surface area contributed by atoms with E-state index in [9.17, 15) is 9.18 Å². The minimum Gasteiger partial charge on any atom is -0.493 e. The van der Waals surface area contributed by atoms with Crippen molar-refractivity contribution in [1.29, 1.82) is 0 Å². The number of halogens is 1. The predicted molar refractivity (Wildman–Crippen MR) is 103 cm³/mol. The molecule has 2 aromatic rings. The van der Waals surface area contributed by atoms with E-state index in [1.54, 1.807) is 26.4 Å². The number of hydrogen-bond acceptors (Lipinski definition) is 4. The lowest BCUT2D eigenvalue weighted by Crippen LogP contribution is -2.37. The van der Waals surface area contributed by atoms with Gasteiger partial charge in [-0.25, -0.2) is 4.39 Å². The second-order valence-electron chi connectivity index (χ2n) is 6.89. The monoisotopic (exact) mass is 371 g/mol. The molecule has 2 aromatic carbocycles. The third kappa shape index (κ3) is 4.66. The number of nitrogens with zero attached hydrogens (tertiary/aromatic N) is 1. The van der Waals surface area contributed by atoms with Gasteiger partial charge >= 0.3 is 0 Å². The number of Topliss-reactive ketones (excluding diaryl/α,β-unsaturated/α-hetero) is 1. The highest BCUT2D eigenvalue weighted by Gasteiger charge is 2.25. The van der Waals surface area contributed by atoms with E-state index in [0.29, 0.717) is 5.56 Å². The highest BCUT2D eigenvalue weighted by Crippen LogP contribution is 2.31. The molecule has 0 bridgehead atoms. The van der Waals surface area contributed by atoms with Crippen LogP contribution in [-0.4, -0.2) is 44.5 Å². The fraction of sp³-hybridized carbons (Fsp3) is 0.409. The van der Waals surface area contributed by atoms with Gasteiger partial charge in [-0.05, 0) is 68.2 Å². The minimum absolute atomic E-state index is 0.0260. The van der Waals surface area contributed by atoms with Crippen LogP contribution in [0.2, 0.25) is 0 Å². The second kappa shape index (κ2) is 9.00. The third-order valence-electron chi connectivity index (χ3n) is 5.27. The van der Waals surface area contributed by atoms with E-state index in [1.165, 1.54) is 12.1 Å². The molecule has 3 rings (SSSR count). The zero-order chi connectivity index (χ0) is 19.2. The molecule has 1 aliphatic heterocycles. The van der Waals surface area contributed by atoms with Gasteiger partial charge in [-0.15, -0.1) is 0 Å². The van der Waals surface area contributed by atoms with Gasteiger partial charge in [0.2, 0.25) is 0 Å². The molecule has 0 aromatic heterocycles. The Kier molecular flexibility index (Phi) is 6.45. The zero-order valence-electron chi connectivity index (χ0n) is 15.9. The predicted octanol–water partition coefficient (Wildman–Crippen LogP) is 3.98. The highest BCUT2D eigenvalue weighted by atomic mass is 19.1. The van der Waals surface area contributed by atoms with Crippen LogP contribution in [0.25, 0.3) is 0 Å². The standard InChI is InChI=1S/C22H26FNO3/c1-26-20-5-3-4-18(22(20)27-2)12-15-24-13-10-17(11-14-24)21(25)16-6-8-19(23)9-7-16/h3-9,17H,10-15H2,1-2H3. The maximum atomic E-state index is 13.0. The summed E-state index contributed by atoms with van der Waals surface area (Å²) in [5.74, 6) is 1.39. The SMILES string of the molecule is COc1cccc(CCN2CCC(C(=O)c3ccc(F)cc3)CC2)c1OC. The fourth-order valence-electron chi connectivity index (χ4n) is 3.70. The summed E-state index contributed by atoms with van der Waals surface area (Å²) in [4.78, 5) is 15.0. The quantitative estimate of drug-likeness (QED) is 0.690. The first-order valence-electron chi connectivity index (χ1n) is 9.34. The third-order valence-corrected chi connectivity index (χ3v) is 5.27. The van der Waals surface area contributed by atoms with Crippen LogP contribution in [0.15, 0.2) is 42.5 Å². The number of para-hydroxylation sites is 1. The molecule has 0 saturated carbocycles. The zero-order valence-corrected chi connectivity index (χ0v) is 15.9. The average Bonchev–Trinajstić information content (AvgIpc) is 2.72. The highest BCUT2D eigenvalue weighted by molar-refractivity contribution is 5.97. The van der Waals surface area contributed by atoms with Crippen molar-refractivity contribution in [2.45, 2.75) is 19.3 Å². The number of ketones is 1. The van der Waals surface area contributed by atoms with Crippen LogP contribution in [-0.2, 0) is 6.42 Å². The smallest absolute Gasteiger partial charge is 0.166 e. The first-order chi connectivity index (χ1) is 13.1.